The van der Waals surface area contributed by atoms with Gasteiger partial charge in [-0.3, -0.25) is 0 Å². The van der Waals surface area contributed by atoms with Crippen molar-refractivity contribution in [3.8, 4) is 11.5 Å². The number of benzene rings is 3. The second kappa shape index (κ2) is 9.88. The van der Waals surface area contributed by atoms with Gasteiger partial charge >= 0.3 is 0 Å². The highest BCUT2D eigenvalue weighted by molar-refractivity contribution is 5.45. The summed E-state index contributed by atoms with van der Waals surface area (Å²) in [6, 6.07) is 22.3. The predicted octanol–water partition coefficient (Wildman–Crippen LogP) is 4.24. The number of aliphatic hydroxyl groups is 1. The number of hydrogen-bond acceptors (Lipinski definition) is 4. The Hall–Kier alpha value is -2.89. The highest BCUT2D eigenvalue weighted by Crippen LogP contribution is 2.36. The summed E-state index contributed by atoms with van der Waals surface area (Å²) >= 11 is 0. The lowest BCUT2D eigenvalue weighted by Gasteiger charge is -2.18. The summed E-state index contributed by atoms with van der Waals surface area (Å²) in [4.78, 5) is 0. The van der Waals surface area contributed by atoms with Crippen LogP contribution in [0.4, 0.5) is 4.39 Å². The maximum absolute atomic E-state index is 15.1. The third-order valence-electron chi connectivity index (χ3n) is 4.31. The van der Waals surface area contributed by atoms with Crippen molar-refractivity contribution in [2.24, 2.45) is 0 Å². The highest BCUT2D eigenvalue weighted by atomic mass is 19.1. The minimum absolute atomic E-state index is 0.00689. The first-order valence-corrected chi connectivity index (χ1v) is 9.17. The Balaban J connectivity index is 1.85. The number of aliphatic hydroxyl groups excluding tert-OH is 1. The van der Waals surface area contributed by atoms with E-state index in [0.29, 0.717) is 12.4 Å². The zero-order valence-corrected chi connectivity index (χ0v) is 15.8. The van der Waals surface area contributed by atoms with Gasteiger partial charge in [0.05, 0.1) is 6.10 Å². The number of rotatable bonds is 9. The SMILES string of the molecule is CNC[C@H](O)c1ccc(OCc2ccccc2)c(OCc2ccccc2)c1F. The van der Waals surface area contributed by atoms with E-state index in [1.807, 2.05) is 60.7 Å². The Morgan fingerprint density at radius 1 is 0.857 bits per heavy atom. The Kier molecular flexibility index (Phi) is 7.00. The van der Waals surface area contributed by atoms with Crippen molar-refractivity contribution in [3.63, 3.8) is 0 Å². The number of nitrogens with one attached hydrogen (secondary N) is 1. The molecule has 0 aliphatic heterocycles. The van der Waals surface area contributed by atoms with Gasteiger partial charge in [0.25, 0.3) is 0 Å². The summed E-state index contributed by atoms with van der Waals surface area (Å²) in [7, 11) is 1.70. The Labute approximate surface area is 164 Å². The standard InChI is InChI=1S/C23H24FNO3/c1-25-14-20(26)19-12-13-21(27-15-17-8-4-2-5-9-17)23(22(19)24)28-16-18-10-6-3-7-11-18/h2-13,20,25-26H,14-16H2,1H3/t20-/m0/s1. The average molecular weight is 381 g/mol. The van der Waals surface area contributed by atoms with Crippen LogP contribution in [0.25, 0.3) is 0 Å². The fourth-order valence-electron chi connectivity index (χ4n) is 2.83. The van der Waals surface area contributed by atoms with Crippen molar-refractivity contribution in [2.45, 2.75) is 19.3 Å². The van der Waals surface area contributed by atoms with Crippen LogP contribution in [0.1, 0.15) is 22.8 Å². The molecule has 0 saturated carbocycles. The van der Waals surface area contributed by atoms with Gasteiger partial charge in [-0.1, -0.05) is 60.7 Å². The van der Waals surface area contributed by atoms with Crippen molar-refractivity contribution in [2.75, 3.05) is 13.6 Å². The molecule has 0 aromatic heterocycles. The van der Waals surface area contributed by atoms with Crippen molar-refractivity contribution in [3.05, 3.63) is 95.3 Å². The fraction of sp³-hybridized carbons (Fsp3) is 0.217. The van der Waals surface area contributed by atoms with Crippen LogP contribution < -0.4 is 14.8 Å². The highest BCUT2D eigenvalue weighted by Gasteiger charge is 2.21. The molecule has 3 aromatic rings. The Bertz CT molecular complexity index is 872. The zero-order chi connectivity index (χ0) is 19.8. The summed E-state index contributed by atoms with van der Waals surface area (Å²) < 4.78 is 26.7. The van der Waals surface area contributed by atoms with Crippen LogP contribution in [-0.2, 0) is 13.2 Å². The molecule has 3 rings (SSSR count). The summed E-state index contributed by atoms with van der Waals surface area (Å²) in [6.45, 7) is 0.727. The van der Waals surface area contributed by atoms with Crippen LogP contribution in [0.3, 0.4) is 0 Å². The van der Waals surface area contributed by atoms with Crippen molar-refractivity contribution >= 4 is 0 Å². The molecule has 5 heteroatoms. The lowest BCUT2D eigenvalue weighted by Crippen LogP contribution is -2.18. The lowest BCUT2D eigenvalue weighted by atomic mass is 10.1. The molecule has 0 spiro atoms. The molecule has 0 heterocycles. The van der Waals surface area contributed by atoms with E-state index in [9.17, 15) is 5.11 Å². The summed E-state index contributed by atoms with van der Waals surface area (Å²) in [5.41, 5.74) is 2.05. The largest absolute Gasteiger partial charge is 0.485 e. The van der Waals surface area contributed by atoms with Gasteiger partial charge in [0, 0.05) is 12.1 Å². The van der Waals surface area contributed by atoms with Crippen LogP contribution in [-0.4, -0.2) is 18.7 Å². The van der Waals surface area contributed by atoms with E-state index >= 15 is 4.39 Å². The quantitative estimate of drug-likeness (QED) is 0.582. The van der Waals surface area contributed by atoms with Gasteiger partial charge in [0.1, 0.15) is 13.2 Å². The first kappa shape index (κ1) is 19.9. The number of ether oxygens (including phenoxy) is 2. The topological polar surface area (TPSA) is 50.7 Å². The van der Waals surface area contributed by atoms with E-state index in [4.69, 9.17) is 9.47 Å². The second-order valence-corrected chi connectivity index (χ2v) is 6.42. The molecule has 0 fully saturated rings. The normalized spacial score (nSPS) is 11.8. The van der Waals surface area contributed by atoms with Gasteiger partial charge < -0.3 is 19.9 Å². The molecule has 0 aliphatic rings. The van der Waals surface area contributed by atoms with Crippen LogP contribution in [0.2, 0.25) is 0 Å². The third kappa shape index (κ3) is 5.09. The van der Waals surface area contributed by atoms with E-state index < -0.39 is 11.9 Å². The Morgan fingerprint density at radius 3 is 2.00 bits per heavy atom. The molecule has 4 nitrogen and oxygen atoms in total. The van der Waals surface area contributed by atoms with Gasteiger partial charge in [0.2, 0.25) is 0 Å². The molecule has 0 saturated heterocycles. The smallest absolute Gasteiger partial charge is 0.197 e. The molecule has 0 bridgehead atoms. The van der Waals surface area contributed by atoms with E-state index in [1.165, 1.54) is 6.07 Å². The molecule has 0 unspecified atom stereocenters. The minimum atomic E-state index is -0.979. The zero-order valence-electron chi connectivity index (χ0n) is 15.8. The van der Waals surface area contributed by atoms with E-state index in [-0.39, 0.29) is 24.5 Å². The van der Waals surface area contributed by atoms with E-state index in [2.05, 4.69) is 5.32 Å². The maximum Gasteiger partial charge on any atom is 0.197 e. The molecular weight excluding hydrogens is 357 g/mol. The Morgan fingerprint density at radius 2 is 1.43 bits per heavy atom. The number of likely N-dealkylation sites (N-methyl/N-ethyl adjacent to an activating group) is 1. The summed E-state index contributed by atoms with van der Waals surface area (Å²) in [6.07, 6.45) is -0.979. The first-order valence-electron chi connectivity index (χ1n) is 9.17. The molecule has 28 heavy (non-hydrogen) atoms. The molecular formula is C23H24FNO3. The van der Waals surface area contributed by atoms with Crippen molar-refractivity contribution < 1.29 is 19.0 Å². The van der Waals surface area contributed by atoms with Crippen molar-refractivity contribution in [1.29, 1.82) is 0 Å². The molecule has 2 N–H and O–H groups in total. The monoisotopic (exact) mass is 381 g/mol. The maximum atomic E-state index is 15.1. The summed E-state index contributed by atoms with van der Waals surface area (Å²) in [5, 5.41) is 13.1. The van der Waals surface area contributed by atoms with Crippen LogP contribution in [0.15, 0.2) is 72.8 Å². The average Bonchev–Trinajstić information content (AvgIpc) is 2.73. The lowest BCUT2D eigenvalue weighted by molar-refractivity contribution is 0.169. The molecule has 1 atom stereocenters. The molecule has 0 amide bonds. The van der Waals surface area contributed by atoms with Crippen LogP contribution in [0, 0.1) is 5.82 Å². The van der Waals surface area contributed by atoms with Gasteiger partial charge in [0.15, 0.2) is 17.3 Å². The number of halogens is 1. The van der Waals surface area contributed by atoms with Gasteiger partial charge in [-0.05, 0) is 30.3 Å². The second-order valence-electron chi connectivity index (χ2n) is 6.42. The molecule has 146 valence electrons. The number of hydrogen-bond donors (Lipinski definition) is 2. The van der Waals surface area contributed by atoms with Gasteiger partial charge in [-0.2, -0.15) is 0 Å². The van der Waals surface area contributed by atoms with Crippen LogP contribution in [0.5, 0.6) is 11.5 Å². The molecule has 0 aliphatic carbocycles. The van der Waals surface area contributed by atoms with E-state index in [0.717, 1.165) is 11.1 Å². The van der Waals surface area contributed by atoms with Gasteiger partial charge in [-0.25, -0.2) is 4.39 Å². The third-order valence-corrected chi connectivity index (χ3v) is 4.31. The minimum Gasteiger partial charge on any atom is -0.485 e. The van der Waals surface area contributed by atoms with Gasteiger partial charge in [-0.15, -0.1) is 0 Å². The first-order chi connectivity index (χ1) is 13.7. The summed E-state index contributed by atoms with van der Waals surface area (Å²) in [5.74, 6) is -0.297. The van der Waals surface area contributed by atoms with Crippen molar-refractivity contribution in [1.82, 2.24) is 5.32 Å². The predicted molar refractivity (Wildman–Crippen MR) is 107 cm³/mol. The van der Waals surface area contributed by atoms with Crippen LogP contribution >= 0.6 is 0 Å². The molecule has 3 aromatic carbocycles. The molecule has 0 radical (unpaired) electrons. The fourth-order valence-corrected chi connectivity index (χ4v) is 2.83. The van der Waals surface area contributed by atoms with E-state index in [1.54, 1.807) is 13.1 Å².